The van der Waals surface area contributed by atoms with Crippen molar-refractivity contribution in [1.29, 1.82) is 0 Å². The summed E-state index contributed by atoms with van der Waals surface area (Å²) in [6.07, 6.45) is 5.56. The Kier molecular flexibility index (Phi) is 8.00. The Hall–Kier alpha value is -1.30. The lowest BCUT2D eigenvalue weighted by Gasteiger charge is -2.23. The topological polar surface area (TPSA) is 59.6 Å². The third kappa shape index (κ3) is 5.87. The Balaban J connectivity index is 0.00000225. The van der Waals surface area contributed by atoms with Gasteiger partial charge in [-0.1, -0.05) is 18.6 Å². The van der Waals surface area contributed by atoms with Crippen LogP contribution in [0, 0.1) is 6.92 Å². The third-order valence-corrected chi connectivity index (χ3v) is 4.75. The summed E-state index contributed by atoms with van der Waals surface area (Å²) < 4.78 is 11.6. The molecule has 5 nitrogen and oxygen atoms in total. The zero-order valence-corrected chi connectivity index (χ0v) is 15.7. The molecule has 0 spiro atoms. The maximum absolute atomic E-state index is 12.3. The highest BCUT2D eigenvalue weighted by Crippen LogP contribution is 2.22. The van der Waals surface area contributed by atoms with Gasteiger partial charge in [-0.05, 0) is 50.8 Å². The van der Waals surface area contributed by atoms with E-state index < -0.39 is 0 Å². The summed E-state index contributed by atoms with van der Waals surface area (Å²) in [5.74, 6) is 0.933. The molecule has 6 heteroatoms. The number of hydrogen-bond acceptors (Lipinski definition) is 4. The van der Waals surface area contributed by atoms with Gasteiger partial charge in [0.2, 0.25) is 5.91 Å². The number of halogens is 1. The van der Waals surface area contributed by atoms with Crippen molar-refractivity contribution in [2.45, 2.75) is 57.7 Å². The molecule has 0 aromatic heterocycles. The van der Waals surface area contributed by atoms with Gasteiger partial charge in [-0.15, -0.1) is 12.4 Å². The number of hydrogen-bond donors (Lipinski definition) is 2. The van der Waals surface area contributed by atoms with Crippen molar-refractivity contribution in [1.82, 2.24) is 10.6 Å². The summed E-state index contributed by atoms with van der Waals surface area (Å²) in [5, 5.41) is 6.33. The van der Waals surface area contributed by atoms with E-state index in [0.717, 1.165) is 62.1 Å². The van der Waals surface area contributed by atoms with Gasteiger partial charge < -0.3 is 20.1 Å². The Morgan fingerprint density at radius 1 is 1.32 bits per heavy atom. The lowest BCUT2D eigenvalue weighted by atomic mass is 10.0. The summed E-state index contributed by atoms with van der Waals surface area (Å²) in [5.41, 5.74) is 2.17. The molecule has 3 rings (SSSR count). The molecule has 2 heterocycles. The van der Waals surface area contributed by atoms with Crippen LogP contribution in [-0.4, -0.2) is 37.8 Å². The Bertz CT molecular complexity index is 556. The van der Waals surface area contributed by atoms with E-state index in [1.54, 1.807) is 0 Å². The molecule has 25 heavy (non-hydrogen) atoms. The predicted molar refractivity (Wildman–Crippen MR) is 100 cm³/mol. The fourth-order valence-corrected chi connectivity index (χ4v) is 3.28. The number of piperidine rings is 1. The standard InChI is InChI=1S/C19H28N2O3.ClH/c1-14-7-8-15(12-21-19(22)17-6-2-3-9-20-17)18(11-14)24-13-16-5-4-10-23-16;/h7-8,11,16-17,20H,2-6,9-10,12-13H2,1H3,(H,21,22);1H. The van der Waals surface area contributed by atoms with Gasteiger partial charge in [-0.2, -0.15) is 0 Å². The third-order valence-electron chi connectivity index (χ3n) is 4.75. The highest BCUT2D eigenvalue weighted by molar-refractivity contribution is 5.85. The van der Waals surface area contributed by atoms with E-state index in [-0.39, 0.29) is 30.5 Å². The number of rotatable bonds is 6. The van der Waals surface area contributed by atoms with Gasteiger partial charge in [0.05, 0.1) is 12.1 Å². The molecule has 0 radical (unpaired) electrons. The smallest absolute Gasteiger partial charge is 0.237 e. The van der Waals surface area contributed by atoms with Crippen molar-refractivity contribution in [3.63, 3.8) is 0 Å². The zero-order chi connectivity index (χ0) is 16.8. The molecule has 0 aliphatic carbocycles. The van der Waals surface area contributed by atoms with E-state index >= 15 is 0 Å². The van der Waals surface area contributed by atoms with Crippen molar-refractivity contribution in [3.05, 3.63) is 29.3 Å². The van der Waals surface area contributed by atoms with E-state index in [1.165, 1.54) is 0 Å². The molecular weight excluding hydrogens is 340 g/mol. The van der Waals surface area contributed by atoms with Gasteiger partial charge in [0.25, 0.3) is 0 Å². The molecule has 2 N–H and O–H groups in total. The van der Waals surface area contributed by atoms with E-state index in [0.29, 0.717) is 13.2 Å². The van der Waals surface area contributed by atoms with Crippen molar-refractivity contribution in [2.24, 2.45) is 0 Å². The fraction of sp³-hybridized carbons (Fsp3) is 0.632. The summed E-state index contributed by atoms with van der Waals surface area (Å²) in [7, 11) is 0. The average molecular weight is 369 g/mol. The molecular formula is C19H29ClN2O3. The van der Waals surface area contributed by atoms with Crippen LogP contribution in [0.4, 0.5) is 0 Å². The second-order valence-electron chi connectivity index (χ2n) is 6.78. The van der Waals surface area contributed by atoms with Crippen LogP contribution in [0.5, 0.6) is 5.75 Å². The number of ether oxygens (including phenoxy) is 2. The number of aryl methyl sites for hydroxylation is 1. The van der Waals surface area contributed by atoms with Crippen LogP contribution in [0.25, 0.3) is 0 Å². The molecule has 2 aliphatic heterocycles. The van der Waals surface area contributed by atoms with Gasteiger partial charge in [0.1, 0.15) is 12.4 Å². The first-order valence-corrected chi connectivity index (χ1v) is 9.07. The lowest BCUT2D eigenvalue weighted by Crippen LogP contribution is -2.46. The van der Waals surface area contributed by atoms with E-state index in [4.69, 9.17) is 9.47 Å². The molecule has 1 aromatic carbocycles. The molecule has 2 fully saturated rings. The summed E-state index contributed by atoms with van der Waals surface area (Å²) in [6, 6.07) is 6.07. The average Bonchev–Trinajstić information content (AvgIpc) is 3.13. The van der Waals surface area contributed by atoms with Gasteiger partial charge in [0, 0.05) is 18.7 Å². The molecule has 2 saturated heterocycles. The highest BCUT2D eigenvalue weighted by Gasteiger charge is 2.21. The molecule has 1 amide bonds. The predicted octanol–water partition coefficient (Wildman–Crippen LogP) is 2.73. The number of nitrogens with one attached hydrogen (secondary N) is 2. The van der Waals surface area contributed by atoms with Crippen LogP contribution in [0.3, 0.4) is 0 Å². The maximum atomic E-state index is 12.3. The van der Waals surface area contributed by atoms with Crippen molar-refractivity contribution in [3.8, 4) is 5.75 Å². The molecule has 140 valence electrons. The van der Waals surface area contributed by atoms with Gasteiger partial charge in [-0.25, -0.2) is 0 Å². The largest absolute Gasteiger partial charge is 0.491 e. The summed E-state index contributed by atoms with van der Waals surface area (Å²) in [6.45, 7) is 4.89. The monoisotopic (exact) mass is 368 g/mol. The van der Waals surface area contributed by atoms with Crippen molar-refractivity contribution in [2.75, 3.05) is 19.8 Å². The van der Waals surface area contributed by atoms with Gasteiger partial charge >= 0.3 is 0 Å². The number of carbonyl (C=O) groups excluding carboxylic acids is 1. The van der Waals surface area contributed by atoms with E-state index in [2.05, 4.69) is 16.7 Å². The van der Waals surface area contributed by atoms with Crippen LogP contribution in [-0.2, 0) is 16.1 Å². The molecule has 1 aromatic rings. The normalized spacial score (nSPS) is 22.9. The molecule has 2 unspecified atom stereocenters. The van der Waals surface area contributed by atoms with Crippen LogP contribution in [0.15, 0.2) is 18.2 Å². The van der Waals surface area contributed by atoms with E-state index in [9.17, 15) is 4.79 Å². The molecule has 0 bridgehead atoms. The number of amides is 1. The minimum Gasteiger partial charge on any atom is -0.491 e. The van der Waals surface area contributed by atoms with Crippen LogP contribution in [0.1, 0.15) is 43.2 Å². The first-order valence-electron chi connectivity index (χ1n) is 9.07. The lowest BCUT2D eigenvalue weighted by molar-refractivity contribution is -0.123. The van der Waals surface area contributed by atoms with Gasteiger partial charge in [-0.3, -0.25) is 4.79 Å². The SMILES string of the molecule is Cc1ccc(CNC(=O)C2CCCCN2)c(OCC2CCCO2)c1.Cl. The first kappa shape index (κ1) is 20.0. The number of carbonyl (C=O) groups is 1. The maximum Gasteiger partial charge on any atom is 0.237 e. The number of benzene rings is 1. The molecule has 2 aliphatic rings. The second-order valence-corrected chi connectivity index (χ2v) is 6.78. The van der Waals surface area contributed by atoms with Gasteiger partial charge in [0.15, 0.2) is 0 Å². The first-order chi connectivity index (χ1) is 11.7. The molecule has 2 atom stereocenters. The fourth-order valence-electron chi connectivity index (χ4n) is 3.28. The highest BCUT2D eigenvalue weighted by atomic mass is 35.5. The Morgan fingerprint density at radius 3 is 2.92 bits per heavy atom. The summed E-state index contributed by atoms with van der Waals surface area (Å²) >= 11 is 0. The van der Waals surface area contributed by atoms with Crippen molar-refractivity contribution >= 4 is 18.3 Å². The summed E-state index contributed by atoms with van der Waals surface area (Å²) in [4.78, 5) is 12.3. The van der Waals surface area contributed by atoms with Crippen LogP contribution in [0.2, 0.25) is 0 Å². The quantitative estimate of drug-likeness (QED) is 0.810. The molecule has 0 saturated carbocycles. The zero-order valence-electron chi connectivity index (χ0n) is 14.9. The minimum absolute atomic E-state index is 0. The van der Waals surface area contributed by atoms with Crippen molar-refractivity contribution < 1.29 is 14.3 Å². The Labute approximate surface area is 156 Å². The minimum atomic E-state index is -0.0551. The Morgan fingerprint density at radius 2 is 2.20 bits per heavy atom. The van der Waals surface area contributed by atoms with Crippen LogP contribution >= 0.6 is 12.4 Å². The second kappa shape index (κ2) is 10.00. The van der Waals surface area contributed by atoms with Crippen LogP contribution < -0.4 is 15.4 Å². The van der Waals surface area contributed by atoms with E-state index in [1.807, 2.05) is 19.1 Å².